The molecular weight excluding hydrogens is 970 g/mol. The minimum atomic E-state index is -1.76. The molecule has 0 radical (unpaired) electrons. The maximum Gasteiger partial charge on any atom is 0.255 e. The van der Waals surface area contributed by atoms with Gasteiger partial charge in [0, 0.05) is 47.6 Å². The van der Waals surface area contributed by atoms with Crippen LogP contribution < -0.4 is 24.3 Å². The van der Waals surface area contributed by atoms with Gasteiger partial charge in [0.1, 0.15) is 30.2 Å². The smallest absolute Gasteiger partial charge is 0.255 e. The zero-order valence-corrected chi connectivity index (χ0v) is 42.7. The Labute approximate surface area is 428 Å². The number of fused-ring (bicyclic) bond motifs is 8. The Morgan fingerprint density at radius 1 is 1.01 bits per heavy atom. The Morgan fingerprint density at radius 3 is 2.45 bits per heavy atom. The average molecular weight is 1030 g/mol. The summed E-state index contributed by atoms with van der Waals surface area (Å²) in [6.45, 7) is 8.34. The molecule has 3 saturated heterocycles. The van der Waals surface area contributed by atoms with Crippen molar-refractivity contribution in [2.24, 2.45) is 0 Å². The summed E-state index contributed by atoms with van der Waals surface area (Å²) in [6, 6.07) is 6.15. The number of epoxide rings is 1. The number of ether oxygens (including phenoxy) is 10. The Hall–Kier alpha value is -5.23. The molecule has 7 aliphatic rings. The van der Waals surface area contributed by atoms with E-state index in [4.69, 9.17) is 59.0 Å². The Morgan fingerprint density at radius 2 is 1.77 bits per heavy atom. The number of benzene rings is 2. The van der Waals surface area contributed by atoms with Gasteiger partial charge in [-0.25, -0.2) is 4.98 Å². The van der Waals surface area contributed by atoms with E-state index in [2.05, 4.69) is 34.0 Å². The summed E-state index contributed by atoms with van der Waals surface area (Å²) < 4.78 is 62.3. The van der Waals surface area contributed by atoms with Crippen molar-refractivity contribution in [3.05, 3.63) is 70.0 Å². The summed E-state index contributed by atoms with van der Waals surface area (Å²) in [5.41, 5.74) is -1.87. The van der Waals surface area contributed by atoms with Gasteiger partial charge in [-0.05, 0) is 90.5 Å². The molecule has 5 bridgehead atoms. The molecule has 1 aromatic heterocycles. The molecule has 1 spiro atoms. The highest BCUT2D eigenvalue weighted by Gasteiger charge is 2.70. The zero-order valence-electron chi connectivity index (χ0n) is 42.0. The number of carbonyl (C=O) groups excluding carboxylic acids is 1. The monoisotopic (exact) mass is 1030 g/mol. The van der Waals surface area contributed by atoms with Crippen LogP contribution in [-0.4, -0.2) is 173 Å². The number of nitrogens with one attached hydrogen (secondary N) is 1. The van der Waals surface area contributed by atoms with Gasteiger partial charge in [0.25, 0.3) is 5.91 Å². The lowest BCUT2D eigenvalue weighted by molar-refractivity contribution is -0.290. The second-order valence-corrected chi connectivity index (χ2v) is 20.2. The van der Waals surface area contributed by atoms with E-state index < -0.39 is 90.9 Å². The van der Waals surface area contributed by atoms with E-state index in [0.29, 0.717) is 33.4 Å². The quantitative estimate of drug-likeness (QED) is 0.0917. The molecule has 392 valence electrons. The van der Waals surface area contributed by atoms with Gasteiger partial charge in [-0.2, -0.15) is 0 Å². The second kappa shape index (κ2) is 20.8. The number of methoxy groups -OCH3 is 2. The predicted octanol–water partition coefficient (Wildman–Crippen LogP) is 3.30. The first kappa shape index (κ1) is 52.6. The largest absolute Gasteiger partial charge is 0.507 e. The van der Waals surface area contributed by atoms with Crippen molar-refractivity contribution in [3.8, 4) is 52.4 Å². The molecule has 5 aliphatic heterocycles. The average Bonchev–Trinajstić information content (AvgIpc) is 3.95. The summed E-state index contributed by atoms with van der Waals surface area (Å²) >= 11 is 6.88. The van der Waals surface area contributed by atoms with E-state index in [0.717, 1.165) is 0 Å². The third kappa shape index (κ3) is 10.4. The minimum Gasteiger partial charge on any atom is -0.507 e. The van der Waals surface area contributed by atoms with Crippen LogP contribution in [0.5, 0.6) is 28.7 Å². The number of aliphatic hydroxyl groups excluding tert-OH is 3. The fourth-order valence-corrected chi connectivity index (χ4v) is 10.6. The topological polar surface area (TPSA) is 242 Å². The summed E-state index contributed by atoms with van der Waals surface area (Å²) in [4.78, 5) is 20.9. The molecule has 3 aromatic rings. The van der Waals surface area contributed by atoms with Crippen molar-refractivity contribution in [2.75, 3.05) is 34.9 Å². The molecule has 73 heavy (non-hydrogen) atoms. The highest BCUT2D eigenvalue weighted by molar-refractivity contribution is 6.30. The molecule has 0 saturated carbocycles. The first-order valence-electron chi connectivity index (χ1n) is 24.2. The van der Waals surface area contributed by atoms with Crippen LogP contribution in [-0.2, 0) is 34.8 Å². The molecule has 19 nitrogen and oxygen atoms in total. The highest BCUT2D eigenvalue weighted by Crippen LogP contribution is 2.54. The van der Waals surface area contributed by atoms with Crippen molar-refractivity contribution in [1.82, 2.24) is 15.2 Å². The van der Waals surface area contributed by atoms with Crippen molar-refractivity contribution in [3.63, 3.8) is 0 Å². The summed E-state index contributed by atoms with van der Waals surface area (Å²) in [6.07, 6.45) is -7.74. The normalized spacial score (nSPS) is 35.4. The predicted molar refractivity (Wildman–Crippen MR) is 262 cm³/mol. The molecule has 3 unspecified atom stereocenters. The number of halogens is 1. The van der Waals surface area contributed by atoms with Gasteiger partial charge in [0.05, 0.1) is 68.5 Å². The number of aromatic nitrogens is 1. The third-order valence-electron chi connectivity index (χ3n) is 14.0. The number of allylic oxidation sites excluding steroid dienone is 1. The van der Waals surface area contributed by atoms with Crippen LogP contribution in [0.4, 0.5) is 0 Å². The van der Waals surface area contributed by atoms with Gasteiger partial charge in [0.15, 0.2) is 53.0 Å². The maximum absolute atomic E-state index is 14.4. The first-order chi connectivity index (χ1) is 34.7. The van der Waals surface area contributed by atoms with E-state index in [1.807, 2.05) is 39.8 Å². The standard InChI is InChI=1S/C53H62ClN3O16/c1-25(2)67-38-18-29-17-35(58)33(21-32(29)45(64-8)46(38)65-9)50(61)56-34-20-31-15-16-37(49(54)55-31)70-39-19-30-14-13-28(40(24-66-51(34)62)71-42-22-36(59)44(57(6)7)26(3)68-42)11-10-12-41-53(30,73-41)48(39)72-43-23-52(5,63)47(60)27(4)69-43/h11,15-19,21,25-27,34,36,39-44,47-48,51,58-60,62-63H,20,22-24H2,1-9H3,(H,56,61)/b28-11+/t26-,27-,34?,36-,39-,40?,41-,42-,43-,44+,47-,48+,51+,52+,53?/m0/s1. The van der Waals surface area contributed by atoms with Crippen molar-refractivity contribution >= 4 is 28.3 Å². The lowest BCUT2D eigenvalue weighted by Crippen LogP contribution is -2.57. The molecular formula is C53H62ClN3O16. The maximum atomic E-state index is 14.4. The number of likely N-dealkylation sites (N-methyl/N-ethyl adjacent to an activating group) is 1. The number of phenols is 1. The van der Waals surface area contributed by atoms with Crippen molar-refractivity contribution in [1.29, 1.82) is 0 Å². The molecule has 15 atom stereocenters. The number of aromatic hydroxyl groups is 1. The molecule has 20 heteroatoms. The van der Waals surface area contributed by atoms with Crippen LogP contribution in [0.25, 0.3) is 10.8 Å². The van der Waals surface area contributed by atoms with Gasteiger partial charge in [-0.1, -0.05) is 35.3 Å². The zero-order chi connectivity index (χ0) is 52.3. The van der Waals surface area contributed by atoms with Crippen LogP contribution in [0.15, 0.2) is 53.6 Å². The number of hydrogen-bond donors (Lipinski definition) is 6. The SMILES string of the molecule is COc1c(OC(C)C)cc2cc(O)c(C(=O)NC3Cc4ccc(c(Cl)n4)O[C@H]4C=C5C#C/C(=C\C#C[C@@H]6OC56[C@@H]4O[C@H]4C[C@@](C)(O)[C@@H](O)[C@H](C)O4)C(O[C@H]4C[C@H](O)[C@H](N(C)C)[C@H](C)O4)CO[C@H]3O)cc2c1OC. The van der Waals surface area contributed by atoms with Crippen LogP contribution in [0, 0.1) is 23.7 Å². The molecule has 2 aromatic carbocycles. The minimum absolute atomic E-state index is 0.0704. The number of hydrogen-bond acceptors (Lipinski definition) is 18. The van der Waals surface area contributed by atoms with E-state index in [1.54, 1.807) is 37.3 Å². The van der Waals surface area contributed by atoms with Crippen molar-refractivity contribution < 1.29 is 77.7 Å². The molecule has 10 rings (SSSR count). The third-order valence-corrected chi connectivity index (χ3v) is 14.2. The number of phenolic OH excluding ortho intramolecular Hbond substituents is 1. The Bertz CT molecular complexity index is 2790. The lowest BCUT2D eigenvalue weighted by atomic mass is 9.88. The van der Waals surface area contributed by atoms with Crippen LogP contribution in [0.1, 0.15) is 63.5 Å². The Balaban J connectivity index is 1.08. The van der Waals surface area contributed by atoms with Gasteiger partial charge in [-0.15, -0.1) is 0 Å². The van der Waals surface area contributed by atoms with Gasteiger partial charge >= 0.3 is 0 Å². The van der Waals surface area contributed by atoms with Crippen molar-refractivity contribution in [2.45, 2.75) is 151 Å². The van der Waals surface area contributed by atoms with Gasteiger partial charge < -0.3 is 83.1 Å². The number of pyridine rings is 1. The van der Waals surface area contributed by atoms with E-state index in [-0.39, 0.29) is 71.7 Å². The highest BCUT2D eigenvalue weighted by atomic mass is 35.5. The van der Waals surface area contributed by atoms with Gasteiger partial charge in [-0.3, -0.25) is 4.79 Å². The molecule has 3 fully saturated rings. The van der Waals surface area contributed by atoms with E-state index in [9.17, 15) is 30.3 Å². The number of amides is 1. The summed E-state index contributed by atoms with van der Waals surface area (Å²) in [5, 5.41) is 60.3. The number of aliphatic hydroxyl groups is 4. The van der Waals surface area contributed by atoms with E-state index in [1.165, 1.54) is 33.3 Å². The van der Waals surface area contributed by atoms with Crippen LogP contribution >= 0.6 is 11.6 Å². The lowest BCUT2D eigenvalue weighted by Gasteiger charge is -2.43. The fourth-order valence-electron chi connectivity index (χ4n) is 10.4. The Kier molecular flexibility index (Phi) is 15.0. The summed E-state index contributed by atoms with van der Waals surface area (Å²) in [7, 11) is 6.62. The first-order valence-corrected chi connectivity index (χ1v) is 24.6. The molecule has 2 aliphatic carbocycles. The number of nitrogens with zero attached hydrogens (tertiary/aromatic N) is 2. The van der Waals surface area contributed by atoms with E-state index >= 15 is 0 Å². The number of rotatable bonds is 11. The van der Waals surface area contributed by atoms with Crippen LogP contribution in [0.3, 0.4) is 0 Å². The molecule has 6 N–H and O–H groups in total. The summed E-state index contributed by atoms with van der Waals surface area (Å²) in [5.74, 6) is 12.6. The number of carbonyl (C=O) groups is 1. The van der Waals surface area contributed by atoms with Crippen LogP contribution in [0.2, 0.25) is 5.15 Å². The van der Waals surface area contributed by atoms with Gasteiger partial charge in [0.2, 0.25) is 5.75 Å². The second-order valence-electron chi connectivity index (χ2n) is 19.9. The molecule has 1 amide bonds. The molecule has 6 heterocycles. The fraction of sp³-hybridized carbons (Fsp3) is 0.547.